The van der Waals surface area contributed by atoms with E-state index in [0.717, 1.165) is 54.5 Å². The summed E-state index contributed by atoms with van der Waals surface area (Å²) in [4.78, 5) is 11.2. The number of para-hydroxylation sites is 1. The van der Waals surface area contributed by atoms with Crippen molar-refractivity contribution in [2.45, 2.75) is 64.1 Å². The van der Waals surface area contributed by atoms with Crippen molar-refractivity contribution < 1.29 is 26.3 Å². The first-order chi connectivity index (χ1) is 16.9. The van der Waals surface area contributed by atoms with E-state index in [2.05, 4.69) is 20.6 Å². The fraction of sp³-hybridized carbons (Fsp3) is 0.462. The van der Waals surface area contributed by atoms with Crippen molar-refractivity contribution in [2.24, 2.45) is 0 Å². The number of fused-ring (bicyclic) bond motifs is 1. The predicted molar refractivity (Wildman–Crippen MR) is 134 cm³/mol. The highest BCUT2D eigenvalue weighted by Gasteiger charge is 2.37. The highest BCUT2D eigenvalue weighted by molar-refractivity contribution is 5.90. The van der Waals surface area contributed by atoms with Crippen LogP contribution in [0.25, 0.3) is 10.9 Å². The standard InChI is InChI=1S/C25H27F6N5.CH4/c1-36(2)22-20-5-3-4-6-21(20)34-23(35-22)33-19-9-7-18(8-10-19)32-14-15-11-16(24(26,27)28)13-17(12-15)25(29,30)31;/h3-6,11-13,18-19,32H,7-10,14H2,1-2H3,(H,33,34,35);1H4. The molecule has 1 heterocycles. The molecule has 1 aliphatic rings. The first kappa shape index (κ1) is 28.5. The lowest BCUT2D eigenvalue weighted by Gasteiger charge is -2.30. The topological polar surface area (TPSA) is 53.1 Å². The van der Waals surface area contributed by atoms with E-state index in [4.69, 9.17) is 0 Å². The molecule has 0 atom stereocenters. The first-order valence-corrected chi connectivity index (χ1v) is 11.6. The quantitative estimate of drug-likeness (QED) is 0.342. The Hall–Kier alpha value is -3.08. The van der Waals surface area contributed by atoms with Gasteiger partial charge < -0.3 is 15.5 Å². The fourth-order valence-electron chi connectivity index (χ4n) is 4.47. The van der Waals surface area contributed by atoms with Crippen molar-refractivity contribution in [1.82, 2.24) is 15.3 Å². The Kier molecular flexibility index (Phi) is 8.56. The van der Waals surface area contributed by atoms with Crippen LogP contribution in [0.4, 0.5) is 38.1 Å². The van der Waals surface area contributed by atoms with Crippen LogP contribution in [0.3, 0.4) is 0 Å². The molecule has 0 saturated heterocycles. The molecule has 1 fully saturated rings. The van der Waals surface area contributed by atoms with Gasteiger partial charge in [-0.1, -0.05) is 19.6 Å². The lowest BCUT2D eigenvalue weighted by Crippen LogP contribution is -2.37. The molecule has 1 saturated carbocycles. The number of hydrogen-bond acceptors (Lipinski definition) is 5. The third kappa shape index (κ3) is 7.03. The number of hydrogen-bond donors (Lipinski definition) is 2. The summed E-state index contributed by atoms with van der Waals surface area (Å²) in [5.41, 5.74) is -1.81. The minimum atomic E-state index is -4.85. The number of alkyl halides is 6. The van der Waals surface area contributed by atoms with E-state index in [-0.39, 0.29) is 37.7 Å². The predicted octanol–water partition coefficient (Wildman–Crippen LogP) is 6.88. The molecule has 0 radical (unpaired) electrons. The molecule has 5 nitrogen and oxygen atoms in total. The maximum atomic E-state index is 13.1. The maximum Gasteiger partial charge on any atom is 0.416 e. The van der Waals surface area contributed by atoms with Crippen molar-refractivity contribution in [1.29, 1.82) is 0 Å². The molecule has 4 rings (SSSR count). The molecule has 1 aromatic heterocycles. The number of rotatable bonds is 6. The average Bonchev–Trinajstić information content (AvgIpc) is 2.82. The second-order valence-electron chi connectivity index (χ2n) is 9.27. The van der Waals surface area contributed by atoms with Gasteiger partial charge in [-0.15, -0.1) is 0 Å². The number of nitrogens with one attached hydrogen (secondary N) is 2. The van der Waals surface area contributed by atoms with Crippen molar-refractivity contribution >= 4 is 22.7 Å². The Morgan fingerprint density at radius 1 is 0.838 bits per heavy atom. The zero-order valence-corrected chi connectivity index (χ0v) is 19.8. The zero-order chi connectivity index (χ0) is 26.1. The largest absolute Gasteiger partial charge is 0.416 e. The Bertz CT molecular complexity index is 1170. The SMILES string of the molecule is C.CN(C)c1nc(NC2CCC(NCc3cc(C(F)(F)F)cc(C(F)(F)F)c3)CC2)nc2ccccc12. The summed E-state index contributed by atoms with van der Waals surface area (Å²) in [6.07, 6.45) is -6.73. The van der Waals surface area contributed by atoms with Crippen molar-refractivity contribution in [2.75, 3.05) is 24.3 Å². The maximum absolute atomic E-state index is 13.1. The smallest absolute Gasteiger partial charge is 0.362 e. The Balaban J connectivity index is 0.00000380. The van der Waals surface area contributed by atoms with Crippen LogP contribution in [0.5, 0.6) is 0 Å². The molecule has 11 heteroatoms. The van der Waals surface area contributed by atoms with E-state index in [1.54, 1.807) is 0 Å². The molecule has 37 heavy (non-hydrogen) atoms. The second-order valence-corrected chi connectivity index (χ2v) is 9.27. The number of benzene rings is 2. The molecule has 2 aromatic carbocycles. The first-order valence-electron chi connectivity index (χ1n) is 11.6. The van der Waals surface area contributed by atoms with Gasteiger partial charge in [-0.3, -0.25) is 0 Å². The lowest BCUT2D eigenvalue weighted by molar-refractivity contribution is -0.143. The normalized spacial score (nSPS) is 18.4. The van der Waals surface area contributed by atoms with Gasteiger partial charge in [0.25, 0.3) is 0 Å². The summed E-state index contributed by atoms with van der Waals surface area (Å²) in [5.74, 6) is 1.33. The molecule has 0 aliphatic heterocycles. The molecule has 0 spiro atoms. The van der Waals surface area contributed by atoms with Crippen LogP contribution in [0.2, 0.25) is 0 Å². The van der Waals surface area contributed by atoms with Crippen LogP contribution in [-0.4, -0.2) is 36.1 Å². The van der Waals surface area contributed by atoms with Crippen LogP contribution in [0, 0.1) is 0 Å². The number of halogens is 6. The van der Waals surface area contributed by atoms with Gasteiger partial charge in [0.15, 0.2) is 0 Å². The van der Waals surface area contributed by atoms with Gasteiger partial charge in [0, 0.05) is 38.1 Å². The fourth-order valence-corrected chi connectivity index (χ4v) is 4.47. The van der Waals surface area contributed by atoms with Gasteiger partial charge in [-0.05, 0) is 61.6 Å². The lowest BCUT2D eigenvalue weighted by atomic mass is 9.91. The summed E-state index contributed by atoms with van der Waals surface area (Å²) in [7, 11) is 3.83. The molecular formula is C26H31F6N5. The molecule has 2 N–H and O–H groups in total. The zero-order valence-electron chi connectivity index (χ0n) is 19.8. The molecular weight excluding hydrogens is 496 g/mol. The number of anilines is 2. The van der Waals surface area contributed by atoms with Crippen molar-refractivity contribution in [3.63, 3.8) is 0 Å². The van der Waals surface area contributed by atoms with E-state index in [9.17, 15) is 26.3 Å². The van der Waals surface area contributed by atoms with Gasteiger partial charge in [-0.25, -0.2) is 4.98 Å². The van der Waals surface area contributed by atoms with Crippen LogP contribution in [-0.2, 0) is 18.9 Å². The Morgan fingerprint density at radius 2 is 1.41 bits per heavy atom. The highest BCUT2D eigenvalue weighted by atomic mass is 19.4. The van der Waals surface area contributed by atoms with Crippen LogP contribution >= 0.6 is 0 Å². The van der Waals surface area contributed by atoms with Gasteiger partial charge in [0.05, 0.1) is 16.6 Å². The van der Waals surface area contributed by atoms with E-state index in [1.165, 1.54) is 0 Å². The van der Waals surface area contributed by atoms with Crippen LogP contribution in [0.15, 0.2) is 42.5 Å². The molecule has 0 unspecified atom stereocenters. The van der Waals surface area contributed by atoms with Gasteiger partial charge >= 0.3 is 12.4 Å². The third-order valence-electron chi connectivity index (χ3n) is 6.31. The summed E-state index contributed by atoms with van der Waals surface area (Å²) in [6.45, 7) is -0.0737. The van der Waals surface area contributed by atoms with Crippen LogP contribution < -0.4 is 15.5 Å². The summed E-state index contributed by atoms with van der Waals surface area (Å²) < 4.78 is 78.6. The monoisotopic (exact) mass is 527 g/mol. The summed E-state index contributed by atoms with van der Waals surface area (Å²) >= 11 is 0. The van der Waals surface area contributed by atoms with Crippen molar-refractivity contribution in [3.8, 4) is 0 Å². The Labute approximate surface area is 212 Å². The van der Waals surface area contributed by atoms with Crippen LogP contribution in [0.1, 0.15) is 49.8 Å². The average molecular weight is 528 g/mol. The van der Waals surface area contributed by atoms with Gasteiger partial charge in [-0.2, -0.15) is 31.3 Å². The second kappa shape index (κ2) is 11.1. The van der Waals surface area contributed by atoms with E-state index < -0.39 is 23.5 Å². The molecule has 202 valence electrons. The third-order valence-corrected chi connectivity index (χ3v) is 6.31. The Morgan fingerprint density at radius 3 is 1.97 bits per heavy atom. The minimum absolute atomic E-state index is 0. The number of aromatic nitrogens is 2. The molecule has 1 aliphatic carbocycles. The molecule has 0 amide bonds. The van der Waals surface area contributed by atoms with E-state index in [0.29, 0.717) is 5.95 Å². The highest BCUT2D eigenvalue weighted by Crippen LogP contribution is 2.36. The van der Waals surface area contributed by atoms with E-state index >= 15 is 0 Å². The summed E-state index contributed by atoms with van der Waals surface area (Å²) in [6, 6.07) is 9.54. The summed E-state index contributed by atoms with van der Waals surface area (Å²) in [5, 5.41) is 7.46. The molecule has 3 aromatic rings. The van der Waals surface area contributed by atoms with Gasteiger partial charge in [0.2, 0.25) is 5.95 Å². The molecule has 0 bridgehead atoms. The minimum Gasteiger partial charge on any atom is -0.362 e. The van der Waals surface area contributed by atoms with Gasteiger partial charge in [0.1, 0.15) is 5.82 Å². The van der Waals surface area contributed by atoms with E-state index in [1.807, 2.05) is 43.3 Å². The van der Waals surface area contributed by atoms with Crippen molar-refractivity contribution in [3.05, 3.63) is 59.2 Å². The number of nitrogens with zero attached hydrogens (tertiary/aromatic N) is 3.